The van der Waals surface area contributed by atoms with Crippen molar-refractivity contribution in [1.29, 1.82) is 0 Å². The summed E-state index contributed by atoms with van der Waals surface area (Å²) < 4.78 is 33.3. The topological polar surface area (TPSA) is 153 Å². The summed E-state index contributed by atoms with van der Waals surface area (Å²) in [5.74, 6) is -1.72. The molecule has 11 nitrogen and oxygen atoms in total. The van der Waals surface area contributed by atoms with Gasteiger partial charge in [-0.3, -0.25) is 0 Å². The first kappa shape index (κ1) is 25.1. The van der Waals surface area contributed by atoms with Gasteiger partial charge in [0.1, 0.15) is 24.4 Å². The fourth-order valence-corrected chi connectivity index (χ4v) is 4.08. The number of carbonyl (C=O) groups excluding carboxylic acids is 1. The molecule has 4 N–H and O–H groups in total. The van der Waals surface area contributed by atoms with Crippen LogP contribution in [0.4, 0.5) is 0 Å². The molecule has 1 unspecified atom stereocenters. The van der Waals surface area contributed by atoms with E-state index in [4.69, 9.17) is 28.4 Å². The van der Waals surface area contributed by atoms with Crippen molar-refractivity contribution in [3.8, 4) is 0 Å². The maximum atomic E-state index is 12.4. The molecule has 3 heterocycles. The highest BCUT2D eigenvalue weighted by Gasteiger charge is 2.48. The van der Waals surface area contributed by atoms with Gasteiger partial charge in [0.15, 0.2) is 12.6 Å². The van der Waals surface area contributed by atoms with E-state index >= 15 is 0 Å². The Bertz CT molecular complexity index is 685. The second kappa shape index (κ2) is 10.6. The van der Waals surface area contributed by atoms with Crippen molar-refractivity contribution in [2.24, 2.45) is 11.8 Å². The first-order valence-electron chi connectivity index (χ1n) is 10.5. The predicted octanol–water partition coefficient (Wildman–Crippen LogP) is -0.825. The average molecular weight is 460 g/mol. The molecule has 11 atom stereocenters. The molecular weight excluding hydrogens is 428 g/mol. The molecule has 0 aromatic heterocycles. The molecule has 3 rings (SSSR count). The molecule has 0 aromatic rings. The zero-order chi connectivity index (χ0) is 23.6. The van der Waals surface area contributed by atoms with Crippen LogP contribution in [0.2, 0.25) is 0 Å². The Morgan fingerprint density at radius 2 is 1.75 bits per heavy atom. The van der Waals surface area contributed by atoms with E-state index in [0.717, 1.165) is 0 Å². The summed E-state index contributed by atoms with van der Waals surface area (Å²) in [6.45, 7) is 7.01. The summed E-state index contributed by atoms with van der Waals surface area (Å²) in [5.41, 5.74) is 0.241. The van der Waals surface area contributed by atoms with Crippen molar-refractivity contribution in [2.75, 3.05) is 13.7 Å². The molecule has 0 aliphatic carbocycles. The minimum atomic E-state index is -1.60. The van der Waals surface area contributed by atoms with Gasteiger partial charge in [-0.2, -0.15) is 0 Å². The Balaban J connectivity index is 1.80. The average Bonchev–Trinajstić information content (AvgIpc) is 3.10. The maximum Gasteiger partial charge on any atom is 0.337 e. The number of aliphatic hydroxyl groups excluding tert-OH is 4. The minimum Gasteiger partial charge on any atom is -0.471 e. The van der Waals surface area contributed by atoms with Gasteiger partial charge in [0.05, 0.1) is 37.8 Å². The second-order valence-corrected chi connectivity index (χ2v) is 8.17. The van der Waals surface area contributed by atoms with Crippen LogP contribution in [0.3, 0.4) is 0 Å². The molecule has 3 aliphatic heterocycles. The van der Waals surface area contributed by atoms with Crippen LogP contribution in [0.1, 0.15) is 20.3 Å². The number of aliphatic hydroxyl groups is 4. The van der Waals surface area contributed by atoms with E-state index in [2.05, 4.69) is 6.58 Å². The van der Waals surface area contributed by atoms with E-state index < -0.39 is 67.7 Å². The molecule has 2 fully saturated rings. The number of carbonyl (C=O) groups is 1. The van der Waals surface area contributed by atoms with Gasteiger partial charge < -0.3 is 48.8 Å². The normalized spacial score (nSPS) is 44.5. The Labute approximate surface area is 186 Å². The Morgan fingerprint density at radius 3 is 2.31 bits per heavy atom. The molecule has 3 aliphatic rings. The lowest BCUT2D eigenvalue weighted by Gasteiger charge is -2.43. The molecule has 0 amide bonds. The molecule has 2 saturated heterocycles. The first-order chi connectivity index (χ1) is 15.2. The highest BCUT2D eigenvalue weighted by Crippen LogP contribution is 2.39. The van der Waals surface area contributed by atoms with E-state index in [1.165, 1.54) is 19.4 Å². The smallest absolute Gasteiger partial charge is 0.337 e. The molecule has 32 heavy (non-hydrogen) atoms. The van der Waals surface area contributed by atoms with Gasteiger partial charge >= 0.3 is 5.97 Å². The van der Waals surface area contributed by atoms with Crippen LogP contribution >= 0.6 is 0 Å². The standard InChI is InChI=1S/C21H32O11/c1-5-11-12(6-15-29-9(2)10(3)30-15)13(19(26)27-4)8-28-20(11)32-21-18(25)17(24)16(23)14(7-22)31-21/h5,8-12,14-18,20-25H,1,6-7H2,2-4H3/t9-,10+,11-,12-,14+,15?,16+,17-,18+,20-,21-/m0/s1. The quantitative estimate of drug-likeness (QED) is 0.278. The van der Waals surface area contributed by atoms with Crippen molar-refractivity contribution >= 4 is 5.97 Å². The van der Waals surface area contributed by atoms with Crippen LogP contribution in [-0.2, 0) is 33.2 Å². The second-order valence-electron chi connectivity index (χ2n) is 8.17. The molecule has 0 radical (unpaired) electrons. The van der Waals surface area contributed by atoms with Gasteiger partial charge in [-0.1, -0.05) is 6.08 Å². The van der Waals surface area contributed by atoms with E-state index in [-0.39, 0.29) is 24.2 Å². The SMILES string of the molecule is C=C[C@@H]1[C@H](O[C@@H]2O[C@H](CO)[C@@H](O)[C@H](O)[C@H]2O)OC=C(C(=O)OC)[C@H]1CC1O[C@@H](C)[C@@H](C)O1. The molecule has 182 valence electrons. The summed E-state index contributed by atoms with van der Waals surface area (Å²) in [6, 6.07) is 0. The number of rotatable bonds is 7. The van der Waals surface area contributed by atoms with Crippen molar-refractivity contribution in [3.05, 3.63) is 24.5 Å². The van der Waals surface area contributed by atoms with Gasteiger partial charge in [0.2, 0.25) is 6.29 Å². The Kier molecular flexibility index (Phi) is 8.28. The zero-order valence-corrected chi connectivity index (χ0v) is 18.3. The van der Waals surface area contributed by atoms with Crippen molar-refractivity contribution < 1.29 is 53.6 Å². The summed E-state index contributed by atoms with van der Waals surface area (Å²) in [6.07, 6.45) is -6.11. The summed E-state index contributed by atoms with van der Waals surface area (Å²) in [5, 5.41) is 39.7. The van der Waals surface area contributed by atoms with Crippen LogP contribution in [0, 0.1) is 11.8 Å². The van der Waals surface area contributed by atoms with E-state index in [9.17, 15) is 25.2 Å². The number of hydrogen-bond acceptors (Lipinski definition) is 11. The Morgan fingerprint density at radius 1 is 1.09 bits per heavy atom. The van der Waals surface area contributed by atoms with E-state index in [0.29, 0.717) is 0 Å². The van der Waals surface area contributed by atoms with Gasteiger partial charge in [-0.05, 0) is 13.8 Å². The summed E-state index contributed by atoms with van der Waals surface area (Å²) in [7, 11) is 1.26. The number of ether oxygens (including phenoxy) is 6. The van der Waals surface area contributed by atoms with Crippen molar-refractivity contribution in [1.82, 2.24) is 0 Å². The van der Waals surface area contributed by atoms with E-state index in [1.807, 2.05) is 13.8 Å². The fraction of sp³-hybridized carbons (Fsp3) is 0.762. The van der Waals surface area contributed by atoms with Gasteiger partial charge in [0, 0.05) is 18.3 Å². The number of hydrogen-bond donors (Lipinski definition) is 4. The fourth-order valence-electron chi connectivity index (χ4n) is 4.08. The first-order valence-corrected chi connectivity index (χ1v) is 10.5. The molecule has 0 bridgehead atoms. The Hall–Kier alpha value is -1.57. The lowest BCUT2D eigenvalue weighted by molar-refractivity contribution is -0.339. The lowest BCUT2D eigenvalue weighted by atomic mass is 9.81. The molecule has 0 saturated carbocycles. The molecule has 0 spiro atoms. The van der Waals surface area contributed by atoms with Crippen LogP contribution in [-0.4, -0.2) is 95.6 Å². The van der Waals surface area contributed by atoms with E-state index in [1.54, 1.807) is 0 Å². The van der Waals surface area contributed by atoms with Gasteiger partial charge in [-0.15, -0.1) is 6.58 Å². The van der Waals surface area contributed by atoms with Gasteiger partial charge in [0.25, 0.3) is 0 Å². The predicted molar refractivity (Wildman–Crippen MR) is 107 cm³/mol. The van der Waals surface area contributed by atoms with Crippen molar-refractivity contribution in [2.45, 2.75) is 75.8 Å². The monoisotopic (exact) mass is 460 g/mol. The largest absolute Gasteiger partial charge is 0.471 e. The van der Waals surface area contributed by atoms with Crippen LogP contribution in [0.5, 0.6) is 0 Å². The summed E-state index contributed by atoms with van der Waals surface area (Å²) >= 11 is 0. The van der Waals surface area contributed by atoms with Gasteiger partial charge in [-0.25, -0.2) is 4.79 Å². The molecule has 0 aromatic carbocycles. The third kappa shape index (κ3) is 5.00. The third-order valence-electron chi connectivity index (χ3n) is 6.16. The highest BCUT2D eigenvalue weighted by atomic mass is 16.8. The van der Waals surface area contributed by atoms with Crippen LogP contribution in [0.15, 0.2) is 24.5 Å². The highest BCUT2D eigenvalue weighted by molar-refractivity contribution is 5.88. The third-order valence-corrected chi connectivity index (χ3v) is 6.16. The molecular formula is C21H32O11. The summed E-state index contributed by atoms with van der Waals surface area (Å²) in [4.78, 5) is 12.4. The maximum absolute atomic E-state index is 12.4. The van der Waals surface area contributed by atoms with Crippen molar-refractivity contribution in [3.63, 3.8) is 0 Å². The number of esters is 1. The lowest BCUT2D eigenvalue weighted by Crippen LogP contribution is -2.60. The number of methoxy groups -OCH3 is 1. The van der Waals surface area contributed by atoms with Crippen LogP contribution < -0.4 is 0 Å². The van der Waals surface area contributed by atoms with Crippen LogP contribution in [0.25, 0.3) is 0 Å². The molecule has 11 heteroatoms. The zero-order valence-electron chi connectivity index (χ0n) is 18.3. The minimum absolute atomic E-state index is 0.117.